The molecule has 0 radical (unpaired) electrons. The molecular formula is C17H14ClNOS. The Morgan fingerprint density at radius 2 is 1.90 bits per heavy atom. The van der Waals surface area contributed by atoms with Gasteiger partial charge in [-0.3, -0.25) is 0 Å². The van der Waals surface area contributed by atoms with Crippen molar-refractivity contribution in [2.75, 3.05) is 0 Å². The quantitative estimate of drug-likeness (QED) is 0.465. The molecule has 0 amide bonds. The van der Waals surface area contributed by atoms with Crippen LogP contribution in [0.25, 0.3) is 10.1 Å². The molecule has 106 valence electrons. The summed E-state index contributed by atoms with van der Waals surface area (Å²) >= 11 is 7.94. The zero-order valence-corrected chi connectivity index (χ0v) is 13.1. The molecule has 0 aliphatic heterocycles. The summed E-state index contributed by atoms with van der Waals surface area (Å²) in [4.78, 5) is 6.25. The molecule has 0 unspecified atom stereocenters. The summed E-state index contributed by atoms with van der Waals surface area (Å²) in [6, 6.07) is 16.2. The molecular weight excluding hydrogens is 302 g/mol. The van der Waals surface area contributed by atoms with Gasteiger partial charge < -0.3 is 4.84 Å². The highest BCUT2D eigenvalue weighted by Gasteiger charge is 2.07. The van der Waals surface area contributed by atoms with Gasteiger partial charge >= 0.3 is 0 Å². The van der Waals surface area contributed by atoms with Crippen molar-refractivity contribution in [2.45, 2.75) is 13.5 Å². The van der Waals surface area contributed by atoms with E-state index in [4.69, 9.17) is 16.4 Å². The average Bonchev–Trinajstić information content (AvgIpc) is 2.82. The number of hydrogen-bond acceptors (Lipinski definition) is 3. The summed E-state index contributed by atoms with van der Waals surface area (Å²) in [5.41, 5.74) is 2.33. The van der Waals surface area contributed by atoms with Crippen LogP contribution in [0, 0.1) is 6.92 Å². The van der Waals surface area contributed by atoms with Crippen LogP contribution in [-0.4, -0.2) is 6.21 Å². The molecule has 0 bridgehead atoms. The Kier molecular flexibility index (Phi) is 4.23. The number of fused-ring (bicyclic) bond motifs is 1. The number of aryl methyl sites for hydroxylation is 1. The van der Waals surface area contributed by atoms with E-state index in [9.17, 15) is 0 Å². The SMILES string of the molecule is Cc1ccc(CO/N=C\c2sc3ccccc3c2Cl)cc1. The number of nitrogens with zero attached hydrogens (tertiary/aromatic N) is 1. The van der Waals surface area contributed by atoms with Crippen LogP contribution in [0.2, 0.25) is 5.02 Å². The van der Waals surface area contributed by atoms with Gasteiger partial charge in [0.2, 0.25) is 0 Å². The third-order valence-electron chi connectivity index (χ3n) is 3.16. The van der Waals surface area contributed by atoms with Gasteiger partial charge in [0.05, 0.1) is 16.1 Å². The van der Waals surface area contributed by atoms with E-state index in [1.165, 1.54) is 5.56 Å². The van der Waals surface area contributed by atoms with E-state index in [0.717, 1.165) is 25.5 Å². The van der Waals surface area contributed by atoms with E-state index in [1.54, 1.807) is 17.6 Å². The van der Waals surface area contributed by atoms with Crippen molar-refractivity contribution in [3.8, 4) is 0 Å². The van der Waals surface area contributed by atoms with Crippen LogP contribution in [-0.2, 0) is 11.4 Å². The Balaban J connectivity index is 1.67. The Labute approximate surface area is 132 Å². The molecule has 2 aromatic carbocycles. The molecule has 1 aromatic heterocycles. The predicted octanol–water partition coefficient (Wildman–Crippen LogP) is 5.41. The third kappa shape index (κ3) is 3.26. The van der Waals surface area contributed by atoms with Crippen molar-refractivity contribution >= 4 is 39.2 Å². The van der Waals surface area contributed by atoms with E-state index in [1.807, 2.05) is 30.3 Å². The summed E-state index contributed by atoms with van der Waals surface area (Å²) in [6.45, 7) is 2.52. The molecule has 0 aliphatic rings. The maximum atomic E-state index is 6.33. The largest absolute Gasteiger partial charge is 0.391 e. The molecule has 3 aromatic rings. The van der Waals surface area contributed by atoms with Crippen LogP contribution in [0.15, 0.2) is 53.7 Å². The lowest BCUT2D eigenvalue weighted by Gasteiger charge is -1.99. The van der Waals surface area contributed by atoms with E-state index >= 15 is 0 Å². The summed E-state index contributed by atoms with van der Waals surface area (Å²) < 4.78 is 1.16. The van der Waals surface area contributed by atoms with E-state index in [-0.39, 0.29) is 0 Å². The highest BCUT2D eigenvalue weighted by molar-refractivity contribution is 7.21. The summed E-state index contributed by atoms with van der Waals surface area (Å²) in [5.74, 6) is 0. The first-order chi connectivity index (χ1) is 10.2. The minimum absolute atomic E-state index is 0.458. The van der Waals surface area contributed by atoms with Crippen LogP contribution < -0.4 is 0 Å². The molecule has 0 N–H and O–H groups in total. The third-order valence-corrected chi connectivity index (χ3v) is 4.78. The van der Waals surface area contributed by atoms with Gasteiger partial charge in [0, 0.05) is 10.1 Å². The molecule has 0 aliphatic carbocycles. The molecule has 21 heavy (non-hydrogen) atoms. The smallest absolute Gasteiger partial charge is 0.142 e. The van der Waals surface area contributed by atoms with Gasteiger partial charge in [0.1, 0.15) is 6.61 Å². The van der Waals surface area contributed by atoms with Gasteiger partial charge in [-0.25, -0.2) is 0 Å². The zero-order chi connectivity index (χ0) is 14.7. The second kappa shape index (κ2) is 6.29. The first kappa shape index (κ1) is 14.1. The number of thiophene rings is 1. The van der Waals surface area contributed by atoms with Crippen molar-refractivity contribution in [3.05, 3.63) is 69.6 Å². The van der Waals surface area contributed by atoms with E-state index < -0.39 is 0 Å². The van der Waals surface area contributed by atoms with Crippen molar-refractivity contribution in [1.29, 1.82) is 0 Å². The highest BCUT2D eigenvalue weighted by Crippen LogP contribution is 2.33. The Bertz CT molecular complexity index is 777. The molecule has 4 heteroatoms. The second-order valence-electron chi connectivity index (χ2n) is 4.77. The van der Waals surface area contributed by atoms with Crippen molar-refractivity contribution in [3.63, 3.8) is 0 Å². The topological polar surface area (TPSA) is 21.6 Å². The Morgan fingerprint density at radius 3 is 2.67 bits per heavy atom. The van der Waals surface area contributed by atoms with Gasteiger partial charge in [-0.15, -0.1) is 11.3 Å². The molecule has 0 spiro atoms. The lowest BCUT2D eigenvalue weighted by molar-refractivity contribution is 0.132. The van der Waals surface area contributed by atoms with Crippen LogP contribution in [0.3, 0.4) is 0 Å². The number of hydrogen-bond donors (Lipinski definition) is 0. The van der Waals surface area contributed by atoms with Crippen LogP contribution in [0.5, 0.6) is 0 Å². The van der Waals surface area contributed by atoms with E-state index in [0.29, 0.717) is 6.61 Å². The lowest BCUT2D eigenvalue weighted by atomic mass is 10.2. The maximum absolute atomic E-state index is 6.33. The molecule has 0 saturated carbocycles. The first-order valence-corrected chi connectivity index (χ1v) is 7.81. The van der Waals surface area contributed by atoms with Gasteiger partial charge in [0.15, 0.2) is 0 Å². The molecule has 0 atom stereocenters. The standard InChI is InChI=1S/C17H14ClNOS/c1-12-6-8-13(9-7-12)11-20-19-10-16-17(18)14-4-2-3-5-15(14)21-16/h2-10H,11H2,1H3/b19-10-. The fourth-order valence-electron chi connectivity index (χ4n) is 2.00. The van der Waals surface area contributed by atoms with E-state index in [2.05, 4.69) is 30.3 Å². The summed E-state index contributed by atoms with van der Waals surface area (Å²) in [7, 11) is 0. The fourth-order valence-corrected chi connectivity index (χ4v) is 3.34. The number of oxime groups is 1. The van der Waals surface area contributed by atoms with Gasteiger partial charge in [0.25, 0.3) is 0 Å². The number of rotatable bonds is 4. The average molecular weight is 316 g/mol. The zero-order valence-electron chi connectivity index (χ0n) is 11.5. The first-order valence-electron chi connectivity index (χ1n) is 6.62. The summed E-state index contributed by atoms with van der Waals surface area (Å²) in [6.07, 6.45) is 1.68. The Morgan fingerprint density at radius 1 is 1.14 bits per heavy atom. The van der Waals surface area contributed by atoms with Crippen molar-refractivity contribution < 1.29 is 4.84 Å². The molecule has 2 nitrogen and oxygen atoms in total. The molecule has 1 heterocycles. The number of benzene rings is 2. The molecule has 3 rings (SSSR count). The fraction of sp³-hybridized carbons (Fsp3) is 0.118. The highest BCUT2D eigenvalue weighted by atomic mass is 35.5. The van der Waals surface area contributed by atoms with Gasteiger partial charge in [-0.05, 0) is 18.6 Å². The van der Waals surface area contributed by atoms with Crippen LogP contribution in [0.1, 0.15) is 16.0 Å². The Hall–Kier alpha value is -1.84. The van der Waals surface area contributed by atoms with Gasteiger partial charge in [-0.1, -0.05) is 64.8 Å². The molecule has 0 fully saturated rings. The molecule has 0 saturated heterocycles. The number of halogens is 1. The normalized spacial score (nSPS) is 11.3. The predicted molar refractivity (Wildman–Crippen MR) is 90.4 cm³/mol. The van der Waals surface area contributed by atoms with Crippen molar-refractivity contribution in [1.82, 2.24) is 0 Å². The van der Waals surface area contributed by atoms with Gasteiger partial charge in [-0.2, -0.15) is 0 Å². The van der Waals surface area contributed by atoms with Crippen molar-refractivity contribution in [2.24, 2.45) is 5.16 Å². The maximum Gasteiger partial charge on any atom is 0.142 e. The van der Waals surface area contributed by atoms with Crippen LogP contribution in [0.4, 0.5) is 0 Å². The lowest BCUT2D eigenvalue weighted by Crippen LogP contribution is -1.87. The summed E-state index contributed by atoms with van der Waals surface area (Å²) in [5, 5.41) is 5.81. The monoisotopic (exact) mass is 315 g/mol. The van der Waals surface area contributed by atoms with Crippen LogP contribution >= 0.6 is 22.9 Å². The minimum Gasteiger partial charge on any atom is -0.391 e. The minimum atomic E-state index is 0.458. The second-order valence-corrected chi connectivity index (χ2v) is 6.23.